The number of fused-ring (bicyclic) bond motifs is 1. The van der Waals surface area contributed by atoms with Crippen molar-refractivity contribution in [3.05, 3.63) is 64.4 Å². The van der Waals surface area contributed by atoms with Crippen molar-refractivity contribution in [1.82, 2.24) is 9.61 Å². The molecule has 1 aliphatic carbocycles. The minimum absolute atomic E-state index is 0.0293. The third kappa shape index (κ3) is 4.90. The Balaban J connectivity index is 1.53. The molecule has 0 unspecified atom stereocenters. The Morgan fingerprint density at radius 1 is 1.18 bits per heavy atom. The number of nitriles is 1. The lowest BCUT2D eigenvalue weighted by Crippen LogP contribution is -2.14. The van der Waals surface area contributed by atoms with Gasteiger partial charge in [0.2, 0.25) is 5.88 Å². The topological polar surface area (TPSA) is 67.4 Å². The smallest absolute Gasteiger partial charge is 0.215 e. The highest BCUT2D eigenvalue weighted by Gasteiger charge is 2.24. The summed E-state index contributed by atoms with van der Waals surface area (Å²) >= 11 is 0. The molecule has 0 aliphatic heterocycles. The largest absolute Gasteiger partial charge is 0.473 e. The highest BCUT2D eigenvalue weighted by molar-refractivity contribution is 6.03. The molecule has 5 nitrogen and oxygen atoms in total. The number of hydrogen-bond donors (Lipinski definition) is 0. The molecule has 1 saturated carbocycles. The number of halogens is 2. The number of benzene rings is 1. The van der Waals surface area contributed by atoms with E-state index in [0.29, 0.717) is 35.0 Å². The summed E-state index contributed by atoms with van der Waals surface area (Å²) in [5, 5.41) is 13.6. The molecule has 2 aromatic heterocycles. The van der Waals surface area contributed by atoms with Crippen LogP contribution in [0, 0.1) is 48.6 Å². The van der Waals surface area contributed by atoms with Crippen molar-refractivity contribution in [2.45, 2.75) is 59.0 Å². The first kappa shape index (κ1) is 22.9. The first-order valence-corrected chi connectivity index (χ1v) is 11.4. The zero-order chi connectivity index (χ0) is 23.5. The van der Waals surface area contributed by atoms with Crippen molar-refractivity contribution in [2.24, 2.45) is 11.8 Å². The molecular weight excluding hydrogens is 424 g/mol. The van der Waals surface area contributed by atoms with E-state index in [9.17, 15) is 13.6 Å². The number of hydrogen-bond acceptors (Lipinski definition) is 4. The van der Waals surface area contributed by atoms with Crippen LogP contribution in [-0.4, -0.2) is 15.4 Å². The number of ketones is 1. The second-order valence-electron chi connectivity index (χ2n) is 8.93. The highest BCUT2D eigenvalue weighted by Crippen LogP contribution is 2.32. The van der Waals surface area contributed by atoms with Crippen LogP contribution in [0.25, 0.3) is 5.52 Å². The number of rotatable bonds is 7. The first-order chi connectivity index (χ1) is 15.9. The second kappa shape index (κ2) is 9.70. The van der Waals surface area contributed by atoms with Gasteiger partial charge < -0.3 is 4.74 Å². The van der Waals surface area contributed by atoms with Gasteiger partial charge in [0, 0.05) is 18.4 Å². The molecule has 1 fully saturated rings. The molecule has 3 aromatic rings. The number of carbonyl (C=O) groups is 1. The van der Waals surface area contributed by atoms with Gasteiger partial charge in [0.1, 0.15) is 18.2 Å². The van der Waals surface area contributed by atoms with Gasteiger partial charge in [-0.15, -0.1) is 0 Å². The SMILES string of the molecule is Cc1cc(OCc2c(F)cccc2F)n2nc(C)c(C(=O)CCC3CCC(C#N)CC3)c2c1. The lowest BCUT2D eigenvalue weighted by Gasteiger charge is -2.24. The van der Waals surface area contributed by atoms with Gasteiger partial charge in [-0.1, -0.05) is 6.07 Å². The van der Waals surface area contributed by atoms with Crippen LogP contribution >= 0.6 is 0 Å². The molecule has 2 heterocycles. The quantitative estimate of drug-likeness (QED) is 0.407. The summed E-state index contributed by atoms with van der Waals surface area (Å²) in [6.45, 7) is 3.37. The van der Waals surface area contributed by atoms with Crippen molar-refractivity contribution in [1.29, 1.82) is 5.26 Å². The normalized spacial score (nSPS) is 18.3. The van der Waals surface area contributed by atoms with Gasteiger partial charge >= 0.3 is 0 Å². The number of aryl methyl sites for hydroxylation is 2. The molecule has 0 bridgehead atoms. The zero-order valence-electron chi connectivity index (χ0n) is 18.9. The van der Waals surface area contributed by atoms with Gasteiger partial charge in [0.05, 0.1) is 28.4 Å². The number of pyridine rings is 1. The van der Waals surface area contributed by atoms with Crippen LogP contribution in [0.1, 0.15) is 65.7 Å². The van der Waals surface area contributed by atoms with Crippen LogP contribution in [0.5, 0.6) is 5.88 Å². The average Bonchev–Trinajstić information content (AvgIpc) is 3.13. The summed E-state index contributed by atoms with van der Waals surface area (Å²) in [4.78, 5) is 13.1. The molecule has 0 N–H and O–H groups in total. The van der Waals surface area contributed by atoms with Gasteiger partial charge in [-0.2, -0.15) is 10.4 Å². The van der Waals surface area contributed by atoms with Crippen molar-refractivity contribution in [3.8, 4) is 11.9 Å². The molecule has 0 spiro atoms. The molecule has 4 rings (SSSR count). The molecule has 172 valence electrons. The summed E-state index contributed by atoms with van der Waals surface area (Å²) in [6, 6.07) is 9.65. The lowest BCUT2D eigenvalue weighted by atomic mass is 9.80. The Bertz CT molecular complexity index is 1200. The summed E-state index contributed by atoms with van der Waals surface area (Å²) < 4.78 is 35.3. The van der Waals surface area contributed by atoms with Crippen LogP contribution < -0.4 is 4.74 Å². The fourth-order valence-electron chi connectivity index (χ4n) is 4.66. The van der Waals surface area contributed by atoms with E-state index in [-0.39, 0.29) is 23.9 Å². The number of ether oxygens (including phenoxy) is 1. The highest BCUT2D eigenvalue weighted by atomic mass is 19.1. The Hall–Kier alpha value is -3.27. The number of aromatic nitrogens is 2. The standard InChI is InChI=1S/C26H27F2N3O2/c1-16-12-23-26(24(32)11-10-18-6-8-19(14-29)9-7-18)17(2)30-31(23)25(13-16)33-15-20-21(27)4-3-5-22(20)28/h3-5,12-13,18-19H,6-11,15H2,1-2H3. The minimum Gasteiger partial charge on any atom is -0.473 e. The van der Waals surface area contributed by atoms with Crippen LogP contribution in [0.3, 0.4) is 0 Å². The Morgan fingerprint density at radius 3 is 2.55 bits per heavy atom. The summed E-state index contributed by atoms with van der Waals surface area (Å²) in [7, 11) is 0. The molecular formula is C26H27F2N3O2. The van der Waals surface area contributed by atoms with Crippen LogP contribution in [0.15, 0.2) is 30.3 Å². The Labute approximate surface area is 192 Å². The van der Waals surface area contributed by atoms with Crippen molar-refractivity contribution < 1.29 is 18.3 Å². The molecule has 0 amide bonds. The molecule has 1 aliphatic rings. The number of carbonyl (C=O) groups excluding carboxylic acids is 1. The van der Waals surface area contributed by atoms with E-state index in [0.717, 1.165) is 37.7 Å². The van der Waals surface area contributed by atoms with E-state index in [1.807, 2.05) is 13.0 Å². The third-order valence-corrected chi connectivity index (χ3v) is 6.53. The monoisotopic (exact) mass is 451 g/mol. The van der Waals surface area contributed by atoms with E-state index >= 15 is 0 Å². The van der Waals surface area contributed by atoms with Gasteiger partial charge in [-0.05, 0) is 75.6 Å². The van der Waals surface area contributed by atoms with Crippen molar-refractivity contribution in [3.63, 3.8) is 0 Å². The van der Waals surface area contributed by atoms with Gasteiger partial charge in [0.25, 0.3) is 0 Å². The van der Waals surface area contributed by atoms with Gasteiger partial charge in [0.15, 0.2) is 5.78 Å². The van der Waals surface area contributed by atoms with Crippen molar-refractivity contribution in [2.75, 3.05) is 0 Å². The summed E-state index contributed by atoms with van der Waals surface area (Å²) in [5.41, 5.74) is 2.50. The maximum Gasteiger partial charge on any atom is 0.215 e. The van der Waals surface area contributed by atoms with Gasteiger partial charge in [-0.25, -0.2) is 13.3 Å². The van der Waals surface area contributed by atoms with Crippen LogP contribution in [0.4, 0.5) is 8.78 Å². The molecule has 7 heteroatoms. The molecule has 1 aromatic carbocycles. The van der Waals surface area contributed by atoms with Gasteiger partial charge in [-0.3, -0.25) is 4.79 Å². The maximum absolute atomic E-state index is 14.0. The minimum atomic E-state index is -0.671. The second-order valence-corrected chi connectivity index (χ2v) is 8.93. The van der Waals surface area contributed by atoms with E-state index in [1.54, 1.807) is 13.0 Å². The molecule has 0 radical (unpaired) electrons. The first-order valence-electron chi connectivity index (χ1n) is 11.4. The molecule has 0 atom stereocenters. The fraction of sp³-hybridized carbons (Fsp3) is 0.423. The Morgan fingerprint density at radius 2 is 1.88 bits per heavy atom. The molecule has 33 heavy (non-hydrogen) atoms. The third-order valence-electron chi connectivity index (χ3n) is 6.53. The predicted molar refractivity (Wildman–Crippen MR) is 120 cm³/mol. The van der Waals surface area contributed by atoms with Crippen LogP contribution in [-0.2, 0) is 6.61 Å². The van der Waals surface area contributed by atoms with E-state index < -0.39 is 11.6 Å². The van der Waals surface area contributed by atoms with Crippen molar-refractivity contribution >= 4 is 11.3 Å². The number of nitrogens with zero attached hydrogens (tertiary/aromatic N) is 3. The number of Topliss-reactive ketones (excluding diaryl/α,β-unsaturated/α-hetero) is 1. The van der Waals surface area contributed by atoms with E-state index in [4.69, 9.17) is 10.00 Å². The fourth-order valence-corrected chi connectivity index (χ4v) is 4.66. The summed E-state index contributed by atoms with van der Waals surface area (Å²) in [5.74, 6) is -0.369. The average molecular weight is 452 g/mol. The lowest BCUT2D eigenvalue weighted by molar-refractivity contribution is 0.0970. The Kier molecular flexibility index (Phi) is 6.73. The maximum atomic E-state index is 14.0. The molecule has 0 saturated heterocycles. The van der Waals surface area contributed by atoms with E-state index in [2.05, 4.69) is 11.2 Å². The summed E-state index contributed by atoms with van der Waals surface area (Å²) in [6.07, 6.45) is 5.03. The van der Waals surface area contributed by atoms with E-state index in [1.165, 1.54) is 22.7 Å². The predicted octanol–water partition coefficient (Wildman–Crippen LogP) is 6.10. The zero-order valence-corrected chi connectivity index (χ0v) is 18.9. The van der Waals surface area contributed by atoms with Crippen LogP contribution in [0.2, 0.25) is 0 Å².